The molecule has 3 nitrogen and oxygen atoms in total. The van der Waals surface area contributed by atoms with Crippen LogP contribution >= 0.6 is 0 Å². The lowest BCUT2D eigenvalue weighted by atomic mass is 9.97. The highest BCUT2D eigenvalue weighted by Crippen LogP contribution is 2.13. The Hall–Kier alpha value is -0.120. The fraction of sp³-hybridized carbons (Fsp3) is 1.00. The van der Waals surface area contributed by atoms with Crippen molar-refractivity contribution in [3.63, 3.8) is 0 Å². The highest BCUT2D eigenvalue weighted by atomic mass is 15.2. The molecule has 0 saturated carbocycles. The Morgan fingerprint density at radius 2 is 1.54 bits per heavy atom. The first-order valence-corrected chi connectivity index (χ1v) is 5.59. The molecule has 0 atom stereocenters. The molecule has 0 spiro atoms. The van der Waals surface area contributed by atoms with E-state index in [1.54, 1.807) is 0 Å². The van der Waals surface area contributed by atoms with Gasteiger partial charge in [0.25, 0.3) is 0 Å². The van der Waals surface area contributed by atoms with E-state index in [1.807, 2.05) is 0 Å². The van der Waals surface area contributed by atoms with Gasteiger partial charge in [-0.15, -0.1) is 0 Å². The van der Waals surface area contributed by atoms with E-state index in [-0.39, 0.29) is 0 Å². The van der Waals surface area contributed by atoms with Crippen molar-refractivity contribution >= 4 is 0 Å². The summed E-state index contributed by atoms with van der Waals surface area (Å²) in [6.45, 7) is 8.68. The molecule has 2 heterocycles. The lowest BCUT2D eigenvalue weighted by Gasteiger charge is -2.32. The third-order valence-corrected chi connectivity index (χ3v) is 3.18. The molecule has 2 aliphatic heterocycles. The van der Waals surface area contributed by atoms with Crippen molar-refractivity contribution in [3.05, 3.63) is 0 Å². The van der Waals surface area contributed by atoms with Crippen molar-refractivity contribution in [2.45, 2.75) is 12.8 Å². The van der Waals surface area contributed by atoms with E-state index in [0.29, 0.717) is 0 Å². The average molecular weight is 183 g/mol. The van der Waals surface area contributed by atoms with Crippen LogP contribution in [0.2, 0.25) is 0 Å². The van der Waals surface area contributed by atoms with Crippen LogP contribution in [0.4, 0.5) is 0 Å². The maximum Gasteiger partial charge on any atom is 0.0107 e. The maximum atomic E-state index is 3.42. The second kappa shape index (κ2) is 4.94. The molecule has 0 aromatic heterocycles. The van der Waals surface area contributed by atoms with E-state index < -0.39 is 0 Å². The third-order valence-electron chi connectivity index (χ3n) is 3.18. The zero-order valence-electron chi connectivity index (χ0n) is 8.39. The molecule has 3 heteroatoms. The van der Waals surface area contributed by atoms with Crippen molar-refractivity contribution in [1.29, 1.82) is 0 Å². The summed E-state index contributed by atoms with van der Waals surface area (Å²) < 4.78 is 0. The normalized spacial score (nSPS) is 27.7. The van der Waals surface area contributed by atoms with Gasteiger partial charge in [-0.05, 0) is 31.8 Å². The molecule has 2 fully saturated rings. The number of nitrogens with one attached hydrogen (secondary N) is 2. The van der Waals surface area contributed by atoms with Crippen LogP contribution in [-0.2, 0) is 0 Å². The molecule has 0 amide bonds. The number of piperidine rings is 1. The molecule has 0 aromatic carbocycles. The summed E-state index contributed by atoms with van der Waals surface area (Å²) in [5.74, 6) is 0.958. The van der Waals surface area contributed by atoms with Crippen LogP contribution in [-0.4, -0.2) is 50.7 Å². The maximum absolute atomic E-state index is 3.42. The molecular formula is C10H21N3. The third kappa shape index (κ3) is 2.93. The van der Waals surface area contributed by atoms with Crippen molar-refractivity contribution in [2.75, 3.05) is 45.8 Å². The zero-order chi connectivity index (χ0) is 8.93. The Balaban J connectivity index is 1.69. The minimum atomic E-state index is 0.958. The summed E-state index contributed by atoms with van der Waals surface area (Å²) in [5.41, 5.74) is 0. The van der Waals surface area contributed by atoms with Gasteiger partial charge in [-0.1, -0.05) is 0 Å². The molecule has 2 rings (SSSR count). The van der Waals surface area contributed by atoms with E-state index in [2.05, 4.69) is 15.5 Å². The molecule has 2 aliphatic rings. The molecule has 0 unspecified atom stereocenters. The topological polar surface area (TPSA) is 27.3 Å². The molecule has 0 aromatic rings. The van der Waals surface area contributed by atoms with Gasteiger partial charge in [0.2, 0.25) is 0 Å². The largest absolute Gasteiger partial charge is 0.317 e. The van der Waals surface area contributed by atoms with Gasteiger partial charge >= 0.3 is 0 Å². The Kier molecular flexibility index (Phi) is 3.58. The fourth-order valence-electron chi connectivity index (χ4n) is 2.32. The van der Waals surface area contributed by atoms with Crippen LogP contribution in [0.1, 0.15) is 12.8 Å². The lowest BCUT2D eigenvalue weighted by Crippen LogP contribution is -2.46. The van der Waals surface area contributed by atoms with Gasteiger partial charge in [0.05, 0.1) is 0 Å². The highest BCUT2D eigenvalue weighted by Gasteiger charge is 2.17. The Bertz CT molecular complexity index is 121. The molecule has 13 heavy (non-hydrogen) atoms. The lowest BCUT2D eigenvalue weighted by molar-refractivity contribution is 0.186. The Morgan fingerprint density at radius 3 is 2.23 bits per heavy atom. The summed E-state index contributed by atoms with van der Waals surface area (Å²) in [7, 11) is 0. The number of piperazine rings is 1. The summed E-state index contributed by atoms with van der Waals surface area (Å²) in [6, 6.07) is 0. The van der Waals surface area contributed by atoms with Crippen LogP contribution in [0.5, 0.6) is 0 Å². The van der Waals surface area contributed by atoms with Gasteiger partial charge in [0.15, 0.2) is 0 Å². The molecule has 2 saturated heterocycles. The summed E-state index contributed by atoms with van der Waals surface area (Å²) >= 11 is 0. The first kappa shape index (κ1) is 9.44. The quantitative estimate of drug-likeness (QED) is 0.625. The Morgan fingerprint density at radius 1 is 0.923 bits per heavy atom. The second-order valence-electron chi connectivity index (χ2n) is 4.24. The van der Waals surface area contributed by atoms with Gasteiger partial charge in [0.1, 0.15) is 0 Å². The van der Waals surface area contributed by atoms with Crippen molar-refractivity contribution < 1.29 is 0 Å². The van der Waals surface area contributed by atoms with E-state index in [1.165, 1.54) is 58.7 Å². The van der Waals surface area contributed by atoms with Gasteiger partial charge in [-0.3, -0.25) is 0 Å². The minimum Gasteiger partial charge on any atom is -0.317 e. The smallest absolute Gasteiger partial charge is 0.0107 e. The minimum absolute atomic E-state index is 0.958. The second-order valence-corrected chi connectivity index (χ2v) is 4.24. The van der Waals surface area contributed by atoms with Crippen LogP contribution in [0, 0.1) is 5.92 Å². The van der Waals surface area contributed by atoms with Gasteiger partial charge < -0.3 is 15.5 Å². The van der Waals surface area contributed by atoms with Crippen LogP contribution in [0.25, 0.3) is 0 Å². The summed E-state index contributed by atoms with van der Waals surface area (Å²) in [5, 5.41) is 6.82. The molecule has 0 aliphatic carbocycles. The molecule has 0 radical (unpaired) electrons. The van der Waals surface area contributed by atoms with E-state index >= 15 is 0 Å². The van der Waals surface area contributed by atoms with E-state index in [0.717, 1.165) is 5.92 Å². The number of rotatable bonds is 2. The summed E-state index contributed by atoms with van der Waals surface area (Å²) in [6.07, 6.45) is 2.76. The van der Waals surface area contributed by atoms with Gasteiger partial charge in [-0.2, -0.15) is 0 Å². The number of hydrogen-bond donors (Lipinski definition) is 2. The average Bonchev–Trinajstić information content (AvgIpc) is 2.21. The van der Waals surface area contributed by atoms with E-state index in [4.69, 9.17) is 0 Å². The monoisotopic (exact) mass is 183 g/mol. The predicted molar refractivity (Wildman–Crippen MR) is 54.9 cm³/mol. The number of nitrogens with zero attached hydrogens (tertiary/aromatic N) is 1. The standard InChI is InChI=1S/C10H21N3/c1-3-11-4-2-10(1)9-13-7-5-12-6-8-13/h10-12H,1-9H2. The van der Waals surface area contributed by atoms with Crippen molar-refractivity contribution in [1.82, 2.24) is 15.5 Å². The molecule has 2 N–H and O–H groups in total. The van der Waals surface area contributed by atoms with Crippen LogP contribution in [0.3, 0.4) is 0 Å². The molecular weight excluding hydrogens is 162 g/mol. The van der Waals surface area contributed by atoms with Gasteiger partial charge in [0, 0.05) is 32.7 Å². The van der Waals surface area contributed by atoms with Crippen molar-refractivity contribution in [3.8, 4) is 0 Å². The SMILES string of the molecule is C1CC(CN2CCNCC2)CCN1. The van der Waals surface area contributed by atoms with Gasteiger partial charge in [-0.25, -0.2) is 0 Å². The molecule has 76 valence electrons. The fourth-order valence-corrected chi connectivity index (χ4v) is 2.32. The highest BCUT2D eigenvalue weighted by molar-refractivity contribution is 4.75. The first-order chi connectivity index (χ1) is 6.45. The Labute approximate surface area is 80.9 Å². The van der Waals surface area contributed by atoms with Crippen LogP contribution in [0.15, 0.2) is 0 Å². The van der Waals surface area contributed by atoms with Crippen molar-refractivity contribution in [2.24, 2.45) is 5.92 Å². The molecule has 0 bridgehead atoms. The zero-order valence-corrected chi connectivity index (χ0v) is 8.39. The first-order valence-electron chi connectivity index (χ1n) is 5.59. The van der Waals surface area contributed by atoms with Crippen LogP contribution < -0.4 is 10.6 Å². The predicted octanol–water partition coefficient (Wildman–Crippen LogP) is -0.109. The van der Waals surface area contributed by atoms with E-state index in [9.17, 15) is 0 Å². The number of hydrogen-bond acceptors (Lipinski definition) is 3. The summed E-state index contributed by atoms with van der Waals surface area (Å²) in [4.78, 5) is 2.62.